The summed E-state index contributed by atoms with van der Waals surface area (Å²) in [6.07, 6.45) is 2.65. The second kappa shape index (κ2) is 7.14. The lowest BCUT2D eigenvalue weighted by molar-refractivity contribution is 0.142. The lowest BCUT2D eigenvalue weighted by Crippen LogP contribution is -2.45. The van der Waals surface area contributed by atoms with E-state index in [1.165, 1.54) is 31.5 Å². The molecule has 0 saturated carbocycles. The first-order valence-corrected chi connectivity index (χ1v) is 6.78. The molecule has 1 heterocycles. The fraction of sp³-hybridized carbons (Fsp3) is 0.857. The first-order chi connectivity index (χ1) is 7.99. The molecule has 0 aromatic heterocycles. The number of piperidine rings is 1. The van der Waals surface area contributed by atoms with E-state index in [1.54, 1.807) is 0 Å². The first-order valence-electron chi connectivity index (χ1n) is 6.78. The number of likely N-dealkylation sites (tertiary alicyclic amines) is 1. The van der Waals surface area contributed by atoms with Crippen molar-refractivity contribution >= 4 is 0 Å². The van der Waals surface area contributed by atoms with Crippen LogP contribution < -0.4 is 5.32 Å². The lowest BCUT2D eigenvalue weighted by atomic mass is 10.0. The molecular formula is C14H29N3. The molecule has 0 aromatic rings. The van der Waals surface area contributed by atoms with E-state index in [0.29, 0.717) is 12.1 Å². The number of likely N-dealkylation sites (N-methyl/N-ethyl adjacent to an activating group) is 2. The van der Waals surface area contributed by atoms with Gasteiger partial charge in [-0.3, -0.25) is 4.90 Å². The number of rotatable bonds is 6. The second-order valence-electron chi connectivity index (χ2n) is 5.76. The Morgan fingerprint density at radius 1 is 1.53 bits per heavy atom. The largest absolute Gasteiger partial charge is 0.311 e. The highest BCUT2D eigenvalue weighted by atomic mass is 15.2. The molecule has 0 bridgehead atoms. The van der Waals surface area contributed by atoms with Gasteiger partial charge in [0.1, 0.15) is 0 Å². The average molecular weight is 239 g/mol. The lowest BCUT2D eigenvalue weighted by Gasteiger charge is -2.36. The molecule has 0 aromatic carbocycles. The maximum Gasteiger partial charge on any atom is 0.0223 e. The van der Waals surface area contributed by atoms with Crippen LogP contribution in [0, 0.1) is 0 Å². The van der Waals surface area contributed by atoms with Crippen LogP contribution in [0.25, 0.3) is 0 Å². The molecular weight excluding hydrogens is 210 g/mol. The summed E-state index contributed by atoms with van der Waals surface area (Å²) in [7, 11) is 4.44. The fourth-order valence-electron chi connectivity index (χ4n) is 2.39. The van der Waals surface area contributed by atoms with Crippen molar-refractivity contribution in [1.82, 2.24) is 15.1 Å². The molecule has 0 amide bonds. The first kappa shape index (κ1) is 14.7. The van der Waals surface area contributed by atoms with Crippen molar-refractivity contribution in [3.8, 4) is 0 Å². The van der Waals surface area contributed by atoms with Crippen molar-refractivity contribution in [2.24, 2.45) is 0 Å². The zero-order chi connectivity index (χ0) is 12.8. The van der Waals surface area contributed by atoms with Gasteiger partial charge in [-0.05, 0) is 39.1 Å². The molecule has 1 aliphatic heterocycles. The average Bonchev–Trinajstić information content (AvgIpc) is 2.26. The Kier molecular flexibility index (Phi) is 6.17. The molecule has 1 atom stereocenters. The van der Waals surface area contributed by atoms with Crippen molar-refractivity contribution in [1.29, 1.82) is 0 Å². The van der Waals surface area contributed by atoms with Crippen molar-refractivity contribution in [2.75, 3.05) is 40.3 Å². The molecule has 1 unspecified atom stereocenters. The van der Waals surface area contributed by atoms with Gasteiger partial charge in [-0.2, -0.15) is 0 Å². The third-order valence-electron chi connectivity index (χ3n) is 3.46. The van der Waals surface area contributed by atoms with Gasteiger partial charge in [-0.1, -0.05) is 20.4 Å². The van der Waals surface area contributed by atoms with E-state index in [9.17, 15) is 0 Å². The van der Waals surface area contributed by atoms with Crippen molar-refractivity contribution in [3.63, 3.8) is 0 Å². The monoisotopic (exact) mass is 239 g/mol. The minimum atomic E-state index is 0.540. The molecule has 0 aliphatic carbocycles. The highest BCUT2D eigenvalue weighted by molar-refractivity contribution is 5.01. The van der Waals surface area contributed by atoms with Gasteiger partial charge < -0.3 is 10.2 Å². The predicted octanol–water partition coefficient (Wildman–Crippen LogP) is 1.57. The van der Waals surface area contributed by atoms with Crippen LogP contribution in [0.5, 0.6) is 0 Å². The van der Waals surface area contributed by atoms with Crippen LogP contribution in [0.1, 0.15) is 26.7 Å². The summed E-state index contributed by atoms with van der Waals surface area (Å²) in [6, 6.07) is 1.24. The molecule has 1 aliphatic rings. The molecule has 17 heavy (non-hydrogen) atoms. The van der Waals surface area contributed by atoms with Crippen molar-refractivity contribution in [3.05, 3.63) is 12.2 Å². The predicted molar refractivity (Wildman–Crippen MR) is 75.4 cm³/mol. The third kappa shape index (κ3) is 5.66. The van der Waals surface area contributed by atoms with E-state index in [2.05, 4.69) is 49.6 Å². The maximum absolute atomic E-state index is 4.16. The molecule has 3 nitrogen and oxygen atoms in total. The smallest absolute Gasteiger partial charge is 0.0223 e. The van der Waals surface area contributed by atoms with Crippen LogP contribution in [0.3, 0.4) is 0 Å². The fourth-order valence-corrected chi connectivity index (χ4v) is 2.39. The van der Waals surface area contributed by atoms with Gasteiger partial charge in [0.05, 0.1) is 0 Å². The summed E-state index contributed by atoms with van der Waals surface area (Å²) in [5.74, 6) is 0. The second-order valence-corrected chi connectivity index (χ2v) is 5.76. The van der Waals surface area contributed by atoms with Crippen LogP contribution in [-0.2, 0) is 0 Å². The minimum Gasteiger partial charge on any atom is -0.311 e. The minimum absolute atomic E-state index is 0.540. The van der Waals surface area contributed by atoms with Crippen LogP contribution in [-0.4, -0.2) is 62.2 Å². The SMILES string of the molecule is C=C(CNC(C)C)CN(C)C1CCCN(C)C1. The summed E-state index contributed by atoms with van der Waals surface area (Å²) >= 11 is 0. The van der Waals surface area contributed by atoms with E-state index in [-0.39, 0.29) is 0 Å². The van der Waals surface area contributed by atoms with Crippen LogP contribution in [0.2, 0.25) is 0 Å². The highest BCUT2D eigenvalue weighted by Crippen LogP contribution is 2.14. The van der Waals surface area contributed by atoms with Gasteiger partial charge in [-0.15, -0.1) is 0 Å². The van der Waals surface area contributed by atoms with E-state index >= 15 is 0 Å². The highest BCUT2D eigenvalue weighted by Gasteiger charge is 2.20. The molecule has 0 spiro atoms. The number of hydrogen-bond acceptors (Lipinski definition) is 3. The summed E-state index contributed by atoms with van der Waals surface area (Å²) in [5.41, 5.74) is 1.29. The quantitative estimate of drug-likeness (QED) is 0.710. The maximum atomic E-state index is 4.16. The van der Waals surface area contributed by atoms with Gasteiger partial charge in [0.15, 0.2) is 0 Å². The van der Waals surface area contributed by atoms with Crippen LogP contribution in [0.15, 0.2) is 12.2 Å². The number of nitrogens with zero attached hydrogens (tertiary/aromatic N) is 2. The molecule has 1 fully saturated rings. The summed E-state index contributed by atoms with van der Waals surface area (Å²) in [5, 5.41) is 3.43. The van der Waals surface area contributed by atoms with Gasteiger partial charge in [0, 0.05) is 31.7 Å². The van der Waals surface area contributed by atoms with Crippen LogP contribution >= 0.6 is 0 Å². The Morgan fingerprint density at radius 2 is 2.24 bits per heavy atom. The van der Waals surface area contributed by atoms with Crippen molar-refractivity contribution < 1.29 is 0 Å². The van der Waals surface area contributed by atoms with Crippen LogP contribution in [0.4, 0.5) is 0 Å². The zero-order valence-electron chi connectivity index (χ0n) is 12.0. The molecule has 0 radical (unpaired) electrons. The molecule has 100 valence electrons. The standard InChI is InChI=1S/C14H29N3/c1-12(2)15-9-13(3)10-17(5)14-7-6-8-16(4)11-14/h12,14-15H,3,6-11H2,1-2,4-5H3. The molecule has 1 saturated heterocycles. The van der Waals surface area contributed by atoms with Crippen molar-refractivity contribution in [2.45, 2.75) is 38.8 Å². The van der Waals surface area contributed by atoms with E-state index in [1.807, 2.05) is 0 Å². The van der Waals surface area contributed by atoms with Gasteiger partial charge in [-0.25, -0.2) is 0 Å². The number of nitrogens with one attached hydrogen (secondary N) is 1. The van der Waals surface area contributed by atoms with E-state index in [4.69, 9.17) is 0 Å². The Labute approximate surface area is 107 Å². The Hall–Kier alpha value is -0.380. The van der Waals surface area contributed by atoms with E-state index < -0.39 is 0 Å². The molecule has 1 N–H and O–H groups in total. The zero-order valence-corrected chi connectivity index (χ0v) is 12.0. The molecule has 1 rings (SSSR count). The third-order valence-corrected chi connectivity index (χ3v) is 3.46. The van der Waals surface area contributed by atoms with E-state index in [0.717, 1.165) is 13.1 Å². The topological polar surface area (TPSA) is 18.5 Å². The number of hydrogen-bond donors (Lipinski definition) is 1. The summed E-state index contributed by atoms with van der Waals surface area (Å²) < 4.78 is 0. The Balaban J connectivity index is 2.27. The van der Waals surface area contributed by atoms with Gasteiger partial charge in [0.25, 0.3) is 0 Å². The summed E-state index contributed by atoms with van der Waals surface area (Å²) in [4.78, 5) is 4.89. The Morgan fingerprint density at radius 3 is 2.82 bits per heavy atom. The molecule has 3 heteroatoms. The van der Waals surface area contributed by atoms with Gasteiger partial charge >= 0.3 is 0 Å². The summed E-state index contributed by atoms with van der Waals surface area (Å²) in [6.45, 7) is 12.9. The van der Waals surface area contributed by atoms with Gasteiger partial charge in [0.2, 0.25) is 0 Å². The Bertz CT molecular complexity index is 238. The normalized spacial score (nSPS) is 22.4.